The molecule has 1 saturated heterocycles. The van der Waals surface area contributed by atoms with Gasteiger partial charge in [-0.2, -0.15) is 5.26 Å². The molecule has 0 saturated carbocycles. The monoisotopic (exact) mass is 334 g/mol. The molecule has 1 aliphatic heterocycles. The first-order valence-corrected chi connectivity index (χ1v) is 6.94. The van der Waals surface area contributed by atoms with E-state index in [1.54, 1.807) is 12.3 Å². The van der Waals surface area contributed by atoms with Gasteiger partial charge in [0.05, 0.1) is 11.6 Å². The van der Waals surface area contributed by atoms with Gasteiger partial charge >= 0.3 is 6.09 Å². The molecule has 1 atom stereocenters. The molecule has 6 nitrogen and oxygen atoms in total. The lowest BCUT2D eigenvalue weighted by Gasteiger charge is -2.14. The first-order valence-electron chi connectivity index (χ1n) is 6.15. The number of hydrogen-bond acceptors (Lipinski definition) is 3. The van der Waals surface area contributed by atoms with E-state index in [1.807, 2.05) is 10.6 Å². The molecule has 102 valence electrons. The number of halogens is 1. The number of carbonyl (C=O) groups is 1. The van der Waals surface area contributed by atoms with Gasteiger partial charge in [0, 0.05) is 24.7 Å². The minimum Gasteiger partial charge on any atom is -0.465 e. The number of nitrogens with zero attached hydrogens (tertiary/aromatic N) is 4. The first kappa shape index (κ1) is 12.9. The van der Waals surface area contributed by atoms with Gasteiger partial charge < -0.3 is 14.6 Å². The summed E-state index contributed by atoms with van der Waals surface area (Å²) in [4.78, 5) is 16.8. The van der Waals surface area contributed by atoms with Gasteiger partial charge in [0.1, 0.15) is 16.3 Å². The summed E-state index contributed by atoms with van der Waals surface area (Å²) >= 11 is 3.33. The maximum atomic E-state index is 11.0. The molecule has 0 bridgehead atoms. The second-order valence-electron chi connectivity index (χ2n) is 4.74. The van der Waals surface area contributed by atoms with Crippen molar-refractivity contribution in [1.82, 2.24) is 14.5 Å². The van der Waals surface area contributed by atoms with Crippen LogP contribution in [-0.2, 0) is 0 Å². The minimum absolute atomic E-state index is 0.0255. The molecule has 3 heterocycles. The van der Waals surface area contributed by atoms with Crippen molar-refractivity contribution in [3.8, 4) is 6.07 Å². The summed E-state index contributed by atoms with van der Waals surface area (Å²) in [5.41, 5.74) is 1.28. The number of carboxylic acid groups (broad SMARTS) is 1. The van der Waals surface area contributed by atoms with E-state index in [4.69, 9.17) is 5.11 Å². The van der Waals surface area contributed by atoms with Crippen molar-refractivity contribution in [1.29, 1.82) is 5.26 Å². The van der Waals surface area contributed by atoms with Crippen LogP contribution in [0.3, 0.4) is 0 Å². The molecule has 2 aromatic rings. The highest BCUT2D eigenvalue weighted by Gasteiger charge is 2.28. The smallest absolute Gasteiger partial charge is 0.407 e. The summed E-state index contributed by atoms with van der Waals surface area (Å²) in [5.74, 6) is 0. The lowest BCUT2D eigenvalue weighted by Crippen LogP contribution is -2.27. The molecule has 1 amide bonds. The summed E-state index contributed by atoms with van der Waals surface area (Å²) in [6.45, 7) is 0.938. The number of hydrogen-bond donors (Lipinski definition) is 1. The number of aromatic nitrogens is 2. The van der Waals surface area contributed by atoms with Crippen molar-refractivity contribution in [2.24, 2.45) is 0 Å². The Balaban J connectivity index is 2.06. The zero-order valence-electron chi connectivity index (χ0n) is 10.5. The third-order valence-electron chi connectivity index (χ3n) is 3.59. The maximum absolute atomic E-state index is 11.0. The molecule has 20 heavy (non-hydrogen) atoms. The van der Waals surface area contributed by atoms with Crippen LogP contribution in [0.15, 0.2) is 22.9 Å². The number of fused-ring (bicyclic) bond motifs is 1. The van der Waals surface area contributed by atoms with Crippen LogP contribution >= 0.6 is 15.9 Å². The molecule has 3 rings (SSSR count). The fraction of sp³-hybridized carbons (Fsp3) is 0.308. The minimum atomic E-state index is -0.904. The zero-order valence-corrected chi connectivity index (χ0v) is 12.0. The molecule has 0 aliphatic carbocycles. The van der Waals surface area contributed by atoms with E-state index in [-0.39, 0.29) is 6.04 Å². The zero-order chi connectivity index (χ0) is 14.3. The number of amides is 1. The van der Waals surface area contributed by atoms with E-state index < -0.39 is 6.09 Å². The topological polar surface area (TPSA) is 82.2 Å². The summed E-state index contributed by atoms with van der Waals surface area (Å²) in [6.07, 6.45) is 1.59. The Bertz CT molecular complexity index is 734. The van der Waals surface area contributed by atoms with E-state index >= 15 is 0 Å². The molecule has 0 unspecified atom stereocenters. The molecule has 1 fully saturated rings. The maximum Gasteiger partial charge on any atom is 0.407 e. The molecule has 0 aromatic carbocycles. The van der Waals surface area contributed by atoms with Crippen LogP contribution in [0.25, 0.3) is 11.0 Å². The summed E-state index contributed by atoms with van der Waals surface area (Å²) in [7, 11) is 0. The third kappa shape index (κ3) is 2.02. The molecule has 1 N–H and O–H groups in total. The summed E-state index contributed by atoms with van der Waals surface area (Å²) in [6, 6.07) is 5.84. The summed E-state index contributed by atoms with van der Waals surface area (Å²) < 4.78 is 2.61. The number of pyridine rings is 1. The Morgan fingerprint density at radius 3 is 3.00 bits per heavy atom. The third-order valence-corrected chi connectivity index (χ3v) is 4.03. The van der Waals surface area contributed by atoms with Crippen molar-refractivity contribution in [3.05, 3.63) is 28.5 Å². The Kier molecular flexibility index (Phi) is 3.10. The van der Waals surface area contributed by atoms with Crippen molar-refractivity contribution in [2.45, 2.75) is 12.5 Å². The standard InChI is InChI=1S/C13H11BrN4O2/c14-11-2-1-10-8(5-15)6-18(12(10)16-11)9-3-4-17(7-9)13(19)20/h1-2,6,9H,3-4,7H2,(H,19,20)/t9-/m0/s1. The van der Waals surface area contributed by atoms with E-state index in [1.165, 1.54) is 4.90 Å². The van der Waals surface area contributed by atoms with E-state index in [0.29, 0.717) is 28.9 Å². The highest BCUT2D eigenvalue weighted by molar-refractivity contribution is 9.10. The van der Waals surface area contributed by atoms with Gasteiger partial charge in [-0.3, -0.25) is 0 Å². The SMILES string of the molecule is N#Cc1cn([C@H]2CCN(C(=O)O)C2)c2nc(Br)ccc12. The van der Waals surface area contributed by atoms with Crippen LogP contribution in [0.5, 0.6) is 0 Å². The summed E-state index contributed by atoms with van der Waals surface area (Å²) in [5, 5.41) is 19.0. The molecule has 2 aromatic heterocycles. The Morgan fingerprint density at radius 1 is 1.55 bits per heavy atom. The quantitative estimate of drug-likeness (QED) is 0.812. The van der Waals surface area contributed by atoms with Gasteiger partial charge in [0.15, 0.2) is 0 Å². The van der Waals surface area contributed by atoms with E-state index in [0.717, 1.165) is 11.8 Å². The molecular formula is C13H11BrN4O2. The second kappa shape index (κ2) is 4.80. The van der Waals surface area contributed by atoms with Gasteiger partial charge in [-0.25, -0.2) is 9.78 Å². The van der Waals surface area contributed by atoms with Crippen molar-refractivity contribution in [3.63, 3.8) is 0 Å². The van der Waals surface area contributed by atoms with Crippen LogP contribution in [0.2, 0.25) is 0 Å². The Hall–Kier alpha value is -2.07. The Labute approximate surface area is 123 Å². The molecular weight excluding hydrogens is 324 g/mol. The van der Waals surface area contributed by atoms with Crippen molar-refractivity contribution < 1.29 is 9.90 Å². The van der Waals surface area contributed by atoms with Gasteiger partial charge in [-0.05, 0) is 34.5 Å². The van der Waals surface area contributed by atoms with Gasteiger partial charge in [0.25, 0.3) is 0 Å². The predicted molar refractivity (Wildman–Crippen MR) is 75.4 cm³/mol. The largest absolute Gasteiger partial charge is 0.465 e. The lowest BCUT2D eigenvalue weighted by molar-refractivity contribution is 0.154. The van der Waals surface area contributed by atoms with Crippen LogP contribution in [-0.4, -0.2) is 38.7 Å². The second-order valence-corrected chi connectivity index (χ2v) is 5.55. The fourth-order valence-corrected chi connectivity index (χ4v) is 2.91. The normalized spacial score (nSPS) is 18.4. The predicted octanol–water partition coefficient (Wildman–Crippen LogP) is 2.60. The van der Waals surface area contributed by atoms with Crippen LogP contribution < -0.4 is 0 Å². The lowest BCUT2D eigenvalue weighted by atomic mass is 10.2. The van der Waals surface area contributed by atoms with Crippen LogP contribution in [0, 0.1) is 11.3 Å². The van der Waals surface area contributed by atoms with Gasteiger partial charge in [-0.1, -0.05) is 0 Å². The van der Waals surface area contributed by atoms with E-state index in [9.17, 15) is 10.1 Å². The highest BCUT2D eigenvalue weighted by Crippen LogP contribution is 2.29. The molecule has 0 spiro atoms. The number of likely N-dealkylation sites (tertiary alicyclic amines) is 1. The molecule has 0 radical (unpaired) electrons. The average molecular weight is 335 g/mol. The van der Waals surface area contributed by atoms with Crippen molar-refractivity contribution in [2.75, 3.05) is 13.1 Å². The van der Waals surface area contributed by atoms with Gasteiger partial charge in [0.2, 0.25) is 0 Å². The molecule has 7 heteroatoms. The van der Waals surface area contributed by atoms with Crippen LogP contribution in [0.1, 0.15) is 18.0 Å². The van der Waals surface area contributed by atoms with E-state index in [2.05, 4.69) is 27.0 Å². The molecule has 1 aliphatic rings. The highest BCUT2D eigenvalue weighted by atomic mass is 79.9. The van der Waals surface area contributed by atoms with Crippen LogP contribution in [0.4, 0.5) is 4.79 Å². The van der Waals surface area contributed by atoms with Crippen molar-refractivity contribution >= 4 is 33.1 Å². The number of rotatable bonds is 1. The fourth-order valence-electron chi connectivity index (χ4n) is 2.61. The first-order chi connectivity index (χ1) is 9.60. The number of nitriles is 1. The van der Waals surface area contributed by atoms with Gasteiger partial charge in [-0.15, -0.1) is 0 Å². The Morgan fingerprint density at radius 2 is 2.35 bits per heavy atom. The average Bonchev–Trinajstić information content (AvgIpc) is 3.01.